The van der Waals surface area contributed by atoms with Gasteiger partial charge in [0.1, 0.15) is 17.5 Å². The van der Waals surface area contributed by atoms with Gasteiger partial charge < -0.3 is 59.8 Å². The van der Waals surface area contributed by atoms with Gasteiger partial charge in [0.05, 0.1) is 42.4 Å². The van der Waals surface area contributed by atoms with Crippen molar-refractivity contribution in [3.63, 3.8) is 0 Å². The highest BCUT2D eigenvalue weighted by molar-refractivity contribution is 7.12. The number of nitrogens with zero attached hydrogens (tertiary/aromatic N) is 4. The summed E-state index contributed by atoms with van der Waals surface area (Å²) in [4.78, 5) is 105. The first-order chi connectivity index (χ1) is 49.5. The summed E-state index contributed by atoms with van der Waals surface area (Å²) in [6.07, 6.45) is 24.1. The molecule has 102 heavy (non-hydrogen) atoms. The predicted molar refractivity (Wildman–Crippen MR) is 383 cm³/mol. The third-order valence-electron chi connectivity index (χ3n) is 21.6. The van der Waals surface area contributed by atoms with Crippen LogP contribution in [-0.2, 0) is 18.9 Å². The zero-order chi connectivity index (χ0) is 72.5. The molecular weight excluding hydrogens is 1330 g/mol. The van der Waals surface area contributed by atoms with Crippen LogP contribution in [0.3, 0.4) is 0 Å². The van der Waals surface area contributed by atoms with E-state index in [9.17, 15) is 51.5 Å². The third kappa shape index (κ3) is 21.8. The standard InChI is InChI=1S/C20H26F2N2O3.C20H27FN2O3.C20H28N2O3.C18H26N2O3S/c1-2-27-20(26)24-15-6-7-16(24)11-13(10-15)4-3-9-23-19(25)17-8-5-14(21)12-18(17)22;1-2-26-20(25)23-15-9-10-16(23)13-14(12-15)6-5-11-22-19(24)17-7-3-4-8-18(17)21;1-2-25-20(24)22-17-10-11-18(22)14-15(13-17)7-6-12-21-19(23)16-8-4-3-5-9-16;1-2-23-18(22)20-14-7-8-15(20)12-13(11-14)5-3-9-19-17(21)16-6-4-10-24-16/h5,8,12-13,15-16H,2-4,6-7,9-11H2,1H3,(H,23,25);3-4,7-8,14-16H,2,5-6,9-13H2,1H3,(H,22,24);3-5,8-9,15,17-18H,2,6-7,10-14H2,1H3,(H,21,23);4,6,10,13-15H,2-3,5,7-9,11-12H2,1H3,(H,19,21). The Bertz CT molecular complexity index is 3320. The van der Waals surface area contributed by atoms with Crippen LogP contribution >= 0.6 is 11.3 Å². The Labute approximate surface area is 603 Å². The summed E-state index contributed by atoms with van der Waals surface area (Å²) < 4.78 is 60.9. The molecule has 8 amide bonds. The second kappa shape index (κ2) is 39.7. The number of amides is 8. The van der Waals surface area contributed by atoms with Crippen molar-refractivity contribution in [3.8, 4) is 0 Å². The fraction of sp³-hybridized carbons (Fsp3) is 0.615. The van der Waals surface area contributed by atoms with Crippen LogP contribution in [0.2, 0.25) is 0 Å². The van der Waals surface area contributed by atoms with Gasteiger partial charge in [-0.2, -0.15) is 0 Å². The molecule has 8 aliphatic heterocycles. The molecule has 12 rings (SSSR count). The third-order valence-corrected chi connectivity index (χ3v) is 22.5. The minimum Gasteiger partial charge on any atom is -0.450 e. The number of piperidine rings is 4. The maximum absolute atomic E-state index is 13.6. The number of halogens is 3. The molecule has 4 N–H and O–H groups in total. The van der Waals surface area contributed by atoms with E-state index in [0.29, 0.717) is 118 Å². The van der Waals surface area contributed by atoms with Crippen molar-refractivity contribution < 1.29 is 70.5 Å². The van der Waals surface area contributed by atoms with Gasteiger partial charge >= 0.3 is 24.4 Å². The Balaban J connectivity index is 0.000000158. The summed E-state index contributed by atoms with van der Waals surface area (Å²) in [5.74, 6) is -0.499. The molecule has 8 bridgehead atoms. The van der Waals surface area contributed by atoms with E-state index in [-0.39, 0.29) is 65.3 Å². The number of benzene rings is 3. The highest BCUT2D eigenvalue weighted by Gasteiger charge is 2.47. The number of nitrogens with one attached hydrogen (secondary N) is 4. The molecule has 8 atom stereocenters. The van der Waals surface area contributed by atoms with Crippen molar-refractivity contribution in [1.82, 2.24) is 40.9 Å². The van der Waals surface area contributed by atoms with E-state index in [1.165, 1.54) is 23.5 Å². The molecule has 0 saturated carbocycles. The normalized spacial score (nSPS) is 24.7. The Morgan fingerprint density at radius 3 is 1.03 bits per heavy atom. The van der Waals surface area contributed by atoms with Gasteiger partial charge in [-0.1, -0.05) is 36.4 Å². The van der Waals surface area contributed by atoms with Crippen LogP contribution in [0, 0.1) is 41.1 Å². The summed E-state index contributed by atoms with van der Waals surface area (Å²) in [6, 6.07) is 24.6. The number of ether oxygens (including phenoxy) is 4. The van der Waals surface area contributed by atoms with Gasteiger partial charge in [-0.15, -0.1) is 11.3 Å². The minimum absolute atomic E-state index is 0.00204. The van der Waals surface area contributed by atoms with Crippen molar-refractivity contribution in [2.45, 2.75) is 230 Å². The molecule has 4 aromatic rings. The molecule has 8 fully saturated rings. The Kier molecular flexibility index (Phi) is 30.4. The highest BCUT2D eigenvalue weighted by atomic mass is 32.1. The number of thiophene rings is 1. The average Bonchev–Trinajstić information content (AvgIpc) is 1.66. The fourth-order valence-electron chi connectivity index (χ4n) is 17.2. The van der Waals surface area contributed by atoms with Crippen LogP contribution < -0.4 is 21.3 Å². The van der Waals surface area contributed by atoms with Crippen LogP contribution in [0.25, 0.3) is 0 Å². The first kappa shape index (κ1) is 78.3. The molecular formula is C78H107F3N8O12S. The van der Waals surface area contributed by atoms with Gasteiger partial charge in [-0.05, 0) is 253 Å². The Morgan fingerprint density at radius 1 is 0.382 bits per heavy atom. The van der Waals surface area contributed by atoms with Gasteiger partial charge in [0.25, 0.3) is 23.6 Å². The van der Waals surface area contributed by atoms with Crippen molar-refractivity contribution in [1.29, 1.82) is 0 Å². The number of carbonyl (C=O) groups is 8. The Hall–Kier alpha value is -7.89. The molecule has 8 saturated heterocycles. The van der Waals surface area contributed by atoms with Crippen molar-refractivity contribution in [3.05, 3.63) is 129 Å². The maximum Gasteiger partial charge on any atom is 0.410 e. The summed E-state index contributed by atoms with van der Waals surface area (Å²) in [6.45, 7) is 11.5. The quantitative estimate of drug-likeness (QED) is 0.0379. The number of carbonyl (C=O) groups excluding carboxylic acids is 8. The predicted octanol–water partition coefficient (Wildman–Crippen LogP) is 14.9. The molecule has 3 aromatic carbocycles. The lowest BCUT2D eigenvalue weighted by Crippen LogP contribution is -2.46. The zero-order valence-electron chi connectivity index (χ0n) is 59.9. The van der Waals surface area contributed by atoms with Crippen LogP contribution in [0.1, 0.15) is 223 Å². The van der Waals surface area contributed by atoms with E-state index in [0.717, 1.165) is 178 Å². The minimum atomic E-state index is -0.851. The number of hydrogen-bond acceptors (Lipinski definition) is 13. The molecule has 0 radical (unpaired) electrons. The topological polar surface area (TPSA) is 235 Å². The smallest absolute Gasteiger partial charge is 0.410 e. The zero-order valence-corrected chi connectivity index (χ0v) is 60.8. The largest absolute Gasteiger partial charge is 0.450 e. The summed E-state index contributed by atoms with van der Waals surface area (Å²) in [7, 11) is 0. The second-order valence-electron chi connectivity index (χ2n) is 28.4. The van der Waals surface area contributed by atoms with E-state index in [1.807, 2.05) is 95.1 Å². The maximum atomic E-state index is 13.6. The lowest BCUT2D eigenvalue weighted by atomic mass is 9.87. The summed E-state index contributed by atoms with van der Waals surface area (Å²) >= 11 is 1.47. The summed E-state index contributed by atoms with van der Waals surface area (Å²) in [5, 5.41) is 13.4. The number of fused-ring (bicyclic) bond motifs is 8. The van der Waals surface area contributed by atoms with Crippen molar-refractivity contribution in [2.24, 2.45) is 23.7 Å². The average molecular weight is 1440 g/mol. The van der Waals surface area contributed by atoms with Crippen molar-refractivity contribution >= 4 is 59.3 Å². The monoisotopic (exact) mass is 1440 g/mol. The first-order valence-corrected chi connectivity index (χ1v) is 38.6. The Morgan fingerprint density at radius 2 is 0.706 bits per heavy atom. The number of hydrogen-bond donors (Lipinski definition) is 4. The fourth-order valence-corrected chi connectivity index (χ4v) is 17.8. The molecule has 0 spiro atoms. The lowest BCUT2D eigenvalue weighted by molar-refractivity contribution is 0.0581. The molecule has 558 valence electrons. The van der Waals surface area contributed by atoms with E-state index in [4.69, 9.17) is 18.9 Å². The molecule has 8 aliphatic rings. The van der Waals surface area contributed by atoms with E-state index in [1.54, 1.807) is 12.1 Å². The summed E-state index contributed by atoms with van der Waals surface area (Å²) in [5.41, 5.74) is 0.661. The molecule has 20 nitrogen and oxygen atoms in total. The van der Waals surface area contributed by atoms with Gasteiger partial charge in [0, 0.05) is 86.1 Å². The van der Waals surface area contributed by atoms with Gasteiger partial charge in [-0.3, -0.25) is 19.2 Å². The van der Waals surface area contributed by atoms with Gasteiger partial charge in [0.15, 0.2) is 0 Å². The van der Waals surface area contributed by atoms with Crippen LogP contribution in [0.15, 0.2) is 90.3 Å². The van der Waals surface area contributed by atoms with Gasteiger partial charge in [0.2, 0.25) is 0 Å². The number of rotatable bonds is 24. The molecule has 9 heterocycles. The van der Waals surface area contributed by atoms with Crippen LogP contribution in [-0.4, -0.2) is 169 Å². The molecule has 24 heteroatoms. The highest BCUT2D eigenvalue weighted by Crippen LogP contribution is 2.44. The van der Waals surface area contributed by atoms with E-state index in [2.05, 4.69) is 21.3 Å². The van der Waals surface area contributed by atoms with Crippen LogP contribution in [0.4, 0.5) is 32.3 Å². The SMILES string of the molecule is CCOC(=O)N1C2CCC1CC(CCCNC(=O)c1ccc(F)cc1F)C2.CCOC(=O)N1C2CCC1CC(CCCNC(=O)c1ccccc1)C2.CCOC(=O)N1C2CCC1CC(CCCNC(=O)c1ccccc1F)C2.CCOC(=O)N1C2CCC1CC(CCCNC(=O)c1cccs1)C2. The van der Waals surface area contributed by atoms with Crippen LogP contribution in [0.5, 0.6) is 0 Å². The van der Waals surface area contributed by atoms with Gasteiger partial charge in [-0.25, -0.2) is 32.3 Å². The van der Waals surface area contributed by atoms with Crippen molar-refractivity contribution in [2.75, 3.05) is 52.6 Å². The first-order valence-electron chi connectivity index (χ1n) is 37.7. The van der Waals surface area contributed by atoms with E-state index >= 15 is 0 Å². The lowest BCUT2D eigenvalue weighted by Gasteiger charge is -2.38. The molecule has 1 aromatic heterocycles. The second-order valence-corrected chi connectivity index (χ2v) is 29.3. The van der Waals surface area contributed by atoms with E-state index < -0.39 is 23.4 Å². The molecule has 0 aliphatic carbocycles. The molecule has 8 unspecified atom stereocenters.